The van der Waals surface area contributed by atoms with Crippen molar-refractivity contribution in [2.24, 2.45) is 7.05 Å². The highest BCUT2D eigenvalue weighted by atomic mass is 32.1. The van der Waals surface area contributed by atoms with Crippen LogP contribution in [0.4, 0.5) is 0 Å². The summed E-state index contributed by atoms with van der Waals surface area (Å²) in [7, 11) is 1.40. The first-order valence-electron chi connectivity index (χ1n) is 4.23. The predicted molar refractivity (Wildman–Crippen MR) is 55.9 cm³/mol. The molecule has 0 aliphatic heterocycles. The Labute approximate surface area is 84.3 Å². The maximum atomic E-state index is 11.3. The van der Waals surface area contributed by atoms with Crippen LogP contribution in [0.2, 0.25) is 0 Å². The second-order valence-electron chi connectivity index (χ2n) is 2.29. The number of fused-ring (bicyclic) bond motifs is 1. The van der Waals surface area contributed by atoms with Crippen LogP contribution in [-0.4, -0.2) is 14.0 Å². The van der Waals surface area contributed by atoms with Crippen LogP contribution < -0.4 is 11.4 Å². The van der Waals surface area contributed by atoms with Gasteiger partial charge in [-0.3, -0.25) is 0 Å². The highest BCUT2D eigenvalue weighted by Crippen LogP contribution is 2.01. The van der Waals surface area contributed by atoms with Crippen LogP contribution >= 0.6 is 11.3 Å². The first kappa shape index (κ1) is 10.6. The molecule has 0 aliphatic rings. The third kappa shape index (κ3) is 1.60. The van der Waals surface area contributed by atoms with E-state index in [9.17, 15) is 9.59 Å². The molecule has 0 atom stereocenters. The molecule has 14 heavy (non-hydrogen) atoms. The fourth-order valence-corrected chi connectivity index (χ4v) is 1.59. The zero-order valence-corrected chi connectivity index (χ0v) is 9.04. The molecule has 0 bridgehead atoms. The van der Waals surface area contributed by atoms with Gasteiger partial charge >= 0.3 is 11.4 Å². The second-order valence-corrected chi connectivity index (χ2v) is 3.16. The van der Waals surface area contributed by atoms with Crippen LogP contribution in [0.5, 0.6) is 0 Å². The lowest BCUT2D eigenvalue weighted by Crippen LogP contribution is -2.36. The first-order chi connectivity index (χ1) is 6.70. The number of rotatable bonds is 0. The average molecular weight is 213 g/mol. The van der Waals surface area contributed by atoms with Crippen LogP contribution in [0.1, 0.15) is 13.8 Å². The van der Waals surface area contributed by atoms with Crippen LogP contribution in [0.3, 0.4) is 0 Å². The third-order valence-electron chi connectivity index (χ3n) is 1.56. The molecule has 2 aromatic rings. The average Bonchev–Trinajstić information content (AvgIpc) is 2.65. The van der Waals surface area contributed by atoms with Gasteiger partial charge in [-0.25, -0.2) is 18.6 Å². The SMILES string of the molecule is CC.Cn1c(=O)nc2sccn2c1=O. The van der Waals surface area contributed by atoms with Crippen molar-refractivity contribution < 1.29 is 0 Å². The second kappa shape index (κ2) is 4.19. The monoisotopic (exact) mass is 213 g/mol. The van der Waals surface area contributed by atoms with Crippen LogP contribution in [0, 0.1) is 0 Å². The summed E-state index contributed by atoms with van der Waals surface area (Å²) in [5, 5.41) is 1.71. The van der Waals surface area contributed by atoms with E-state index in [2.05, 4.69) is 4.98 Å². The van der Waals surface area contributed by atoms with E-state index in [-0.39, 0.29) is 5.69 Å². The number of thiazole rings is 1. The van der Waals surface area contributed by atoms with Gasteiger partial charge in [0.25, 0.3) is 0 Å². The van der Waals surface area contributed by atoms with Crippen molar-refractivity contribution in [1.82, 2.24) is 14.0 Å². The van der Waals surface area contributed by atoms with E-state index in [1.807, 2.05) is 13.8 Å². The summed E-state index contributed by atoms with van der Waals surface area (Å²) in [4.78, 5) is 26.4. The molecule has 0 radical (unpaired) electrons. The molecule has 0 aliphatic carbocycles. The van der Waals surface area contributed by atoms with E-state index in [1.54, 1.807) is 11.6 Å². The molecule has 76 valence electrons. The lowest BCUT2D eigenvalue weighted by molar-refractivity contribution is 0.723. The van der Waals surface area contributed by atoms with Gasteiger partial charge in [0.2, 0.25) is 4.96 Å². The van der Waals surface area contributed by atoms with Crippen molar-refractivity contribution in [2.45, 2.75) is 13.8 Å². The van der Waals surface area contributed by atoms with Gasteiger partial charge in [-0.1, -0.05) is 13.8 Å². The Morgan fingerprint density at radius 2 is 2.00 bits per heavy atom. The number of hydrogen-bond donors (Lipinski definition) is 0. The maximum Gasteiger partial charge on any atom is 0.354 e. The lowest BCUT2D eigenvalue weighted by atomic mass is 10.8. The van der Waals surface area contributed by atoms with Crippen LogP contribution in [0.15, 0.2) is 21.2 Å². The van der Waals surface area contributed by atoms with Crippen molar-refractivity contribution in [3.05, 3.63) is 32.5 Å². The summed E-state index contributed by atoms with van der Waals surface area (Å²) >= 11 is 1.26. The van der Waals surface area contributed by atoms with Crippen molar-refractivity contribution in [3.8, 4) is 0 Å². The molecule has 2 aromatic heterocycles. The van der Waals surface area contributed by atoms with E-state index in [4.69, 9.17) is 0 Å². The fraction of sp³-hybridized carbons (Fsp3) is 0.375. The zero-order chi connectivity index (χ0) is 10.7. The van der Waals surface area contributed by atoms with E-state index in [1.165, 1.54) is 22.8 Å². The Morgan fingerprint density at radius 1 is 1.36 bits per heavy atom. The molecule has 0 unspecified atom stereocenters. The van der Waals surface area contributed by atoms with Gasteiger partial charge in [0, 0.05) is 18.6 Å². The molecular formula is C8H11N3O2S. The predicted octanol–water partition coefficient (Wildman–Crippen LogP) is 0.481. The molecule has 0 fully saturated rings. The van der Waals surface area contributed by atoms with Crippen molar-refractivity contribution in [3.63, 3.8) is 0 Å². The minimum atomic E-state index is -0.512. The molecule has 5 nitrogen and oxygen atoms in total. The minimum Gasteiger partial charge on any atom is -0.247 e. The molecule has 6 heteroatoms. The van der Waals surface area contributed by atoms with E-state index >= 15 is 0 Å². The summed E-state index contributed by atoms with van der Waals surface area (Å²) in [6.45, 7) is 4.00. The molecule has 0 saturated carbocycles. The van der Waals surface area contributed by atoms with E-state index in [0.29, 0.717) is 4.96 Å². The summed E-state index contributed by atoms with van der Waals surface area (Å²) < 4.78 is 2.31. The van der Waals surface area contributed by atoms with Crippen molar-refractivity contribution in [2.75, 3.05) is 0 Å². The minimum absolute atomic E-state index is 0.355. The molecule has 0 N–H and O–H groups in total. The van der Waals surface area contributed by atoms with Gasteiger partial charge in [-0.2, -0.15) is 4.98 Å². The summed E-state index contributed by atoms with van der Waals surface area (Å²) in [6.07, 6.45) is 1.59. The summed E-state index contributed by atoms with van der Waals surface area (Å²) in [6, 6.07) is 0. The lowest BCUT2D eigenvalue weighted by Gasteiger charge is -1.94. The van der Waals surface area contributed by atoms with Gasteiger partial charge in [-0.05, 0) is 0 Å². The molecule has 0 saturated heterocycles. The zero-order valence-electron chi connectivity index (χ0n) is 8.22. The Kier molecular flexibility index (Phi) is 3.19. The molecule has 0 amide bonds. The van der Waals surface area contributed by atoms with Gasteiger partial charge in [0.1, 0.15) is 0 Å². The summed E-state index contributed by atoms with van der Waals surface area (Å²) in [5.74, 6) is 0. The Morgan fingerprint density at radius 3 is 2.64 bits per heavy atom. The van der Waals surface area contributed by atoms with Crippen LogP contribution in [-0.2, 0) is 7.05 Å². The quantitative estimate of drug-likeness (QED) is 0.639. The van der Waals surface area contributed by atoms with Crippen LogP contribution in [0.25, 0.3) is 4.96 Å². The van der Waals surface area contributed by atoms with E-state index in [0.717, 1.165) is 4.57 Å². The maximum absolute atomic E-state index is 11.3. The summed E-state index contributed by atoms with van der Waals surface area (Å²) in [5.41, 5.74) is -0.867. The largest absolute Gasteiger partial charge is 0.354 e. The van der Waals surface area contributed by atoms with Gasteiger partial charge in [-0.15, -0.1) is 11.3 Å². The standard InChI is InChI=1S/C6H5N3O2S.C2H6/c1-8-4(10)7-5-9(6(8)11)2-3-12-5;1-2/h2-3H,1H3;1-2H3. The Balaban J connectivity index is 0.000000461. The number of aromatic nitrogens is 3. The fourth-order valence-electron chi connectivity index (χ4n) is 0.899. The van der Waals surface area contributed by atoms with Gasteiger partial charge in [0.15, 0.2) is 0 Å². The highest BCUT2D eigenvalue weighted by molar-refractivity contribution is 7.15. The topological polar surface area (TPSA) is 56.4 Å². The smallest absolute Gasteiger partial charge is 0.247 e. The van der Waals surface area contributed by atoms with Gasteiger partial charge < -0.3 is 0 Å². The first-order valence-corrected chi connectivity index (χ1v) is 5.11. The molecule has 2 heterocycles. The molecule has 0 spiro atoms. The Hall–Kier alpha value is -1.43. The number of hydrogen-bond acceptors (Lipinski definition) is 4. The highest BCUT2D eigenvalue weighted by Gasteiger charge is 2.02. The third-order valence-corrected chi connectivity index (χ3v) is 2.32. The van der Waals surface area contributed by atoms with Crippen molar-refractivity contribution >= 4 is 16.3 Å². The van der Waals surface area contributed by atoms with Crippen molar-refractivity contribution in [1.29, 1.82) is 0 Å². The molecule has 0 aromatic carbocycles. The normalized spacial score (nSPS) is 9.64. The van der Waals surface area contributed by atoms with Gasteiger partial charge in [0.05, 0.1) is 0 Å². The molecule has 2 rings (SSSR count). The number of nitrogens with zero attached hydrogens (tertiary/aromatic N) is 3. The molecular weight excluding hydrogens is 202 g/mol. The van der Waals surface area contributed by atoms with E-state index < -0.39 is 5.69 Å². The Bertz CT molecular complexity index is 537.